The quantitative estimate of drug-likeness (QED) is 0.550. The maximum Gasteiger partial charge on any atom is 0.223 e. The molecule has 0 radical (unpaired) electrons. The summed E-state index contributed by atoms with van der Waals surface area (Å²) in [5, 5.41) is 0. The highest BCUT2D eigenvalue weighted by Crippen LogP contribution is 2.60. The molecule has 0 unspecified atom stereocenters. The van der Waals surface area contributed by atoms with Crippen molar-refractivity contribution in [1.29, 1.82) is 0 Å². The summed E-state index contributed by atoms with van der Waals surface area (Å²) in [6.07, 6.45) is 3.17. The molecule has 2 nitrogen and oxygen atoms in total. The maximum absolute atomic E-state index is 10.9. The monoisotopic (exact) mass is 251 g/mol. The Bertz CT molecular complexity index is 186. The van der Waals surface area contributed by atoms with Gasteiger partial charge >= 0.3 is 0 Å². The Morgan fingerprint density at radius 3 is 2.30 bits per heavy atom. The van der Waals surface area contributed by atoms with Gasteiger partial charge in [0.1, 0.15) is 0 Å². The number of hydrogen-bond acceptors (Lipinski definition) is 1. The molecule has 3 rings (SSSR count). The molecule has 3 saturated carbocycles. The first kappa shape index (κ1) is 6.88. The Balaban J connectivity index is 2.18. The first-order valence-corrected chi connectivity index (χ1v) is 4.83. The number of rotatable bonds is 1. The summed E-state index contributed by atoms with van der Waals surface area (Å²) in [6, 6.07) is 0. The summed E-state index contributed by atoms with van der Waals surface area (Å²) < 4.78 is 0.713. The van der Waals surface area contributed by atoms with Crippen molar-refractivity contribution in [2.75, 3.05) is 0 Å². The number of hydrogen-bond donors (Lipinski definition) is 1. The third kappa shape index (κ3) is 0.669. The molecule has 0 spiro atoms. The van der Waals surface area contributed by atoms with Gasteiger partial charge in [0.25, 0.3) is 0 Å². The Morgan fingerprint density at radius 2 is 2.10 bits per heavy atom. The minimum absolute atomic E-state index is 0.0590. The van der Waals surface area contributed by atoms with Crippen LogP contribution in [0.5, 0.6) is 0 Å². The van der Waals surface area contributed by atoms with Crippen LogP contribution in [0.3, 0.4) is 0 Å². The lowest BCUT2D eigenvalue weighted by molar-refractivity contribution is -0.131. The molecule has 0 aromatic heterocycles. The second kappa shape index (κ2) is 1.87. The van der Waals surface area contributed by atoms with E-state index >= 15 is 0 Å². The second-order valence-corrected chi connectivity index (χ2v) is 5.13. The maximum atomic E-state index is 10.9. The van der Waals surface area contributed by atoms with Crippen LogP contribution in [0.2, 0.25) is 0 Å². The molecule has 56 valence electrons. The minimum atomic E-state index is -0.0667. The lowest BCUT2D eigenvalue weighted by Gasteiger charge is -2.34. The van der Waals surface area contributed by atoms with Gasteiger partial charge in [-0.15, -0.1) is 0 Å². The third-order valence-electron chi connectivity index (χ3n) is 2.93. The van der Waals surface area contributed by atoms with Gasteiger partial charge in [-0.05, 0) is 25.2 Å². The molecule has 0 heterocycles. The van der Waals surface area contributed by atoms with Gasteiger partial charge in [-0.1, -0.05) is 22.6 Å². The average molecular weight is 251 g/mol. The molecule has 3 heteroatoms. The number of carbonyl (C=O) groups excluding carboxylic acids is 1. The van der Waals surface area contributed by atoms with Crippen LogP contribution >= 0.6 is 22.6 Å². The van der Waals surface area contributed by atoms with Gasteiger partial charge in [-0.3, -0.25) is 4.79 Å². The zero-order chi connectivity index (χ0) is 7.35. The number of fused-ring (bicyclic) bond motifs is 1. The number of amides is 1. The van der Waals surface area contributed by atoms with Gasteiger partial charge in [0.15, 0.2) is 0 Å². The summed E-state index contributed by atoms with van der Waals surface area (Å²) in [5.41, 5.74) is 5.23. The van der Waals surface area contributed by atoms with Crippen molar-refractivity contribution in [3.8, 4) is 0 Å². The smallest absolute Gasteiger partial charge is 0.223 e. The summed E-state index contributed by atoms with van der Waals surface area (Å²) >= 11 is 2.44. The van der Waals surface area contributed by atoms with Gasteiger partial charge < -0.3 is 5.73 Å². The highest BCUT2D eigenvalue weighted by atomic mass is 127. The number of carbonyl (C=O) groups is 1. The van der Waals surface area contributed by atoms with Crippen LogP contribution < -0.4 is 5.73 Å². The third-order valence-corrected chi connectivity index (χ3v) is 4.38. The van der Waals surface area contributed by atoms with Crippen molar-refractivity contribution in [2.24, 2.45) is 17.1 Å². The molecule has 3 aliphatic rings. The average Bonchev–Trinajstić information content (AvgIpc) is 2.16. The molecular weight excluding hydrogens is 241 g/mol. The van der Waals surface area contributed by atoms with Crippen LogP contribution in [0.4, 0.5) is 0 Å². The van der Waals surface area contributed by atoms with E-state index in [0.29, 0.717) is 3.92 Å². The van der Waals surface area contributed by atoms with E-state index in [0.717, 1.165) is 25.2 Å². The van der Waals surface area contributed by atoms with Crippen molar-refractivity contribution in [1.82, 2.24) is 0 Å². The van der Waals surface area contributed by atoms with Gasteiger partial charge in [0.2, 0.25) is 5.91 Å². The molecule has 1 atom stereocenters. The Morgan fingerprint density at radius 1 is 1.50 bits per heavy atom. The zero-order valence-corrected chi connectivity index (χ0v) is 7.80. The van der Waals surface area contributed by atoms with Gasteiger partial charge in [-0.25, -0.2) is 0 Å². The highest BCUT2D eigenvalue weighted by molar-refractivity contribution is 14.1. The predicted octanol–water partition coefficient (Wildman–Crippen LogP) is 1.08. The molecule has 2 bridgehead atoms. The Hall–Kier alpha value is 0.200. The first-order chi connectivity index (χ1) is 4.64. The summed E-state index contributed by atoms with van der Waals surface area (Å²) in [7, 11) is 0. The van der Waals surface area contributed by atoms with Crippen LogP contribution in [0.15, 0.2) is 0 Å². The van der Waals surface area contributed by atoms with Gasteiger partial charge in [0, 0.05) is 3.92 Å². The van der Waals surface area contributed by atoms with E-state index in [1.165, 1.54) is 0 Å². The topological polar surface area (TPSA) is 43.1 Å². The van der Waals surface area contributed by atoms with Crippen molar-refractivity contribution < 1.29 is 4.79 Å². The molecule has 3 fully saturated rings. The largest absolute Gasteiger partial charge is 0.369 e. The van der Waals surface area contributed by atoms with Crippen molar-refractivity contribution >= 4 is 28.5 Å². The van der Waals surface area contributed by atoms with E-state index in [-0.39, 0.29) is 11.3 Å². The molecule has 1 amide bonds. The molecule has 0 aliphatic heterocycles. The second-order valence-electron chi connectivity index (χ2n) is 3.53. The zero-order valence-electron chi connectivity index (χ0n) is 5.64. The number of primary amides is 1. The SMILES string of the molecule is NC(=O)C12CC(C1)[C@H](I)C2. The molecule has 3 aliphatic carbocycles. The fourth-order valence-corrected chi connectivity index (χ4v) is 3.56. The fraction of sp³-hybridized carbons (Fsp3) is 0.857. The highest BCUT2D eigenvalue weighted by Gasteiger charge is 2.58. The van der Waals surface area contributed by atoms with E-state index < -0.39 is 0 Å². The molecule has 2 N–H and O–H groups in total. The van der Waals surface area contributed by atoms with Crippen molar-refractivity contribution in [3.63, 3.8) is 0 Å². The van der Waals surface area contributed by atoms with Crippen LogP contribution in [0.25, 0.3) is 0 Å². The summed E-state index contributed by atoms with van der Waals surface area (Å²) in [6.45, 7) is 0. The molecular formula is C7H10INO. The van der Waals surface area contributed by atoms with Crippen LogP contribution in [-0.4, -0.2) is 9.83 Å². The fourth-order valence-electron chi connectivity index (χ4n) is 2.21. The standard InChI is InChI=1S/C7H10INO/c8-5-3-7(6(9)10)1-4(5)2-7/h4-5H,1-3H2,(H2,9,10)/t4?,5-,7?/m1/s1. The Kier molecular flexibility index (Phi) is 1.29. The summed E-state index contributed by atoms with van der Waals surface area (Å²) in [5.74, 6) is 0.732. The van der Waals surface area contributed by atoms with Gasteiger partial charge in [-0.2, -0.15) is 0 Å². The molecule has 10 heavy (non-hydrogen) atoms. The van der Waals surface area contributed by atoms with Crippen molar-refractivity contribution in [2.45, 2.75) is 23.2 Å². The summed E-state index contributed by atoms with van der Waals surface area (Å²) in [4.78, 5) is 10.9. The first-order valence-electron chi connectivity index (χ1n) is 3.58. The van der Waals surface area contributed by atoms with Crippen molar-refractivity contribution in [3.05, 3.63) is 0 Å². The molecule has 0 aromatic carbocycles. The Labute approximate surface area is 73.7 Å². The van der Waals surface area contributed by atoms with E-state index in [9.17, 15) is 4.79 Å². The van der Waals surface area contributed by atoms with E-state index in [4.69, 9.17) is 5.73 Å². The van der Waals surface area contributed by atoms with Gasteiger partial charge in [0.05, 0.1) is 5.41 Å². The van der Waals surface area contributed by atoms with Crippen LogP contribution in [-0.2, 0) is 4.79 Å². The van der Waals surface area contributed by atoms with Crippen LogP contribution in [0.1, 0.15) is 19.3 Å². The predicted molar refractivity (Wildman–Crippen MR) is 46.8 cm³/mol. The molecule has 0 aromatic rings. The lowest BCUT2D eigenvalue weighted by atomic mass is 9.69. The van der Waals surface area contributed by atoms with E-state index in [1.807, 2.05) is 0 Å². The van der Waals surface area contributed by atoms with Crippen LogP contribution in [0, 0.1) is 11.3 Å². The molecule has 0 saturated heterocycles. The number of nitrogens with two attached hydrogens (primary N) is 1. The number of alkyl halides is 1. The number of halogens is 1. The lowest BCUT2D eigenvalue weighted by Crippen LogP contribution is -2.41. The normalized spacial score (nSPS) is 50.5. The van der Waals surface area contributed by atoms with E-state index in [2.05, 4.69) is 22.6 Å². The minimum Gasteiger partial charge on any atom is -0.369 e. The van der Waals surface area contributed by atoms with E-state index in [1.54, 1.807) is 0 Å².